The highest BCUT2D eigenvalue weighted by Crippen LogP contribution is 2.40. The van der Waals surface area contributed by atoms with E-state index in [0.717, 1.165) is 25.5 Å². The lowest BCUT2D eigenvalue weighted by molar-refractivity contribution is 0.101. The second kappa shape index (κ2) is 6.42. The lowest BCUT2D eigenvalue weighted by atomic mass is 10.1. The molecule has 3 aromatic rings. The molecule has 116 valence electrons. The van der Waals surface area contributed by atoms with Crippen molar-refractivity contribution < 1.29 is 9.53 Å². The Morgan fingerprint density at radius 2 is 1.83 bits per heavy atom. The Bertz CT molecular complexity index is 922. The topological polar surface area (TPSA) is 39.2 Å². The number of aryl methyl sites for hydroxylation is 1. The monoisotopic (exact) mass is 433 g/mol. The summed E-state index contributed by atoms with van der Waals surface area (Å²) >= 11 is 7.08. The van der Waals surface area contributed by atoms with Gasteiger partial charge in [-0.25, -0.2) is 4.98 Å². The molecule has 0 aliphatic heterocycles. The van der Waals surface area contributed by atoms with Gasteiger partial charge in [-0.05, 0) is 60.1 Å². The summed E-state index contributed by atoms with van der Waals surface area (Å²) in [5.74, 6) is 1.08. The van der Waals surface area contributed by atoms with Crippen molar-refractivity contribution in [2.75, 3.05) is 0 Å². The van der Waals surface area contributed by atoms with Gasteiger partial charge in [0.05, 0.1) is 10.0 Å². The molecule has 1 aromatic heterocycles. The van der Waals surface area contributed by atoms with Crippen LogP contribution in [0.1, 0.15) is 23.0 Å². The number of rotatable bonds is 3. The van der Waals surface area contributed by atoms with Crippen molar-refractivity contribution in [1.29, 1.82) is 0 Å². The number of Topliss-reactive ketones (excluding diaryl/α,β-unsaturated/α-hetero) is 1. The predicted molar refractivity (Wildman–Crippen MR) is 98.4 cm³/mol. The third-order valence-corrected chi connectivity index (χ3v) is 4.70. The van der Waals surface area contributed by atoms with Gasteiger partial charge in [-0.3, -0.25) is 4.79 Å². The van der Waals surface area contributed by atoms with E-state index < -0.39 is 0 Å². The summed E-state index contributed by atoms with van der Waals surface area (Å²) < 4.78 is 7.78. The van der Waals surface area contributed by atoms with E-state index in [1.54, 1.807) is 12.1 Å². The van der Waals surface area contributed by atoms with Gasteiger partial charge in [-0.1, -0.05) is 28.1 Å². The molecule has 0 radical (unpaired) electrons. The van der Waals surface area contributed by atoms with Crippen molar-refractivity contribution in [1.82, 2.24) is 4.98 Å². The summed E-state index contributed by atoms with van der Waals surface area (Å²) in [5, 5.41) is 0.953. The molecule has 0 aliphatic rings. The third-order valence-electron chi connectivity index (χ3n) is 3.46. The molecule has 2 aromatic carbocycles. The average molecular weight is 435 g/mol. The third kappa shape index (κ3) is 3.16. The van der Waals surface area contributed by atoms with E-state index in [1.165, 1.54) is 6.92 Å². The van der Waals surface area contributed by atoms with E-state index in [1.807, 2.05) is 37.3 Å². The lowest BCUT2D eigenvalue weighted by Crippen LogP contribution is -1.98. The molecule has 0 fully saturated rings. The number of fused-ring (bicyclic) bond motifs is 1. The normalized spacial score (nSPS) is 10.8. The zero-order valence-corrected chi connectivity index (χ0v) is 15.7. The van der Waals surface area contributed by atoms with Gasteiger partial charge < -0.3 is 4.74 Å². The standard InChI is InChI=1S/C18H13Br2NO2/c1-10-7-8-13-14(19)9-15(20)18(17(13)21-10)23-16-6-4-3-5-12(16)11(2)22/h3-9H,1-2H3. The van der Waals surface area contributed by atoms with E-state index in [-0.39, 0.29) is 5.78 Å². The van der Waals surface area contributed by atoms with E-state index in [4.69, 9.17) is 4.74 Å². The summed E-state index contributed by atoms with van der Waals surface area (Å²) in [6.07, 6.45) is 0. The quantitative estimate of drug-likeness (QED) is 0.470. The summed E-state index contributed by atoms with van der Waals surface area (Å²) in [6, 6.07) is 13.1. The second-order valence-corrected chi connectivity index (χ2v) is 6.88. The average Bonchev–Trinajstić information content (AvgIpc) is 2.51. The highest BCUT2D eigenvalue weighted by molar-refractivity contribution is 9.11. The van der Waals surface area contributed by atoms with Gasteiger partial charge in [0, 0.05) is 15.6 Å². The number of halogens is 2. The molecule has 0 saturated heterocycles. The zero-order valence-electron chi connectivity index (χ0n) is 12.6. The summed E-state index contributed by atoms with van der Waals surface area (Å²) in [6.45, 7) is 3.46. The van der Waals surface area contributed by atoms with Crippen LogP contribution in [0.2, 0.25) is 0 Å². The minimum atomic E-state index is -0.0396. The molecule has 0 aliphatic carbocycles. The zero-order chi connectivity index (χ0) is 16.6. The number of pyridine rings is 1. The number of hydrogen-bond donors (Lipinski definition) is 0. The second-order valence-electron chi connectivity index (χ2n) is 5.17. The minimum absolute atomic E-state index is 0.0396. The molecule has 0 saturated carbocycles. The van der Waals surface area contributed by atoms with Crippen LogP contribution in [0.5, 0.6) is 11.5 Å². The maximum atomic E-state index is 11.8. The molecular formula is C18H13Br2NO2. The maximum absolute atomic E-state index is 11.8. The number of aromatic nitrogens is 1. The van der Waals surface area contributed by atoms with Gasteiger partial charge in [-0.15, -0.1) is 0 Å². The number of carbonyl (C=O) groups excluding carboxylic acids is 1. The van der Waals surface area contributed by atoms with Gasteiger partial charge in [0.2, 0.25) is 0 Å². The first-order chi connectivity index (χ1) is 11.0. The van der Waals surface area contributed by atoms with Crippen molar-refractivity contribution in [2.24, 2.45) is 0 Å². The van der Waals surface area contributed by atoms with Crippen LogP contribution in [0, 0.1) is 6.92 Å². The summed E-state index contributed by atoms with van der Waals surface area (Å²) in [5.41, 5.74) is 2.18. The summed E-state index contributed by atoms with van der Waals surface area (Å²) in [4.78, 5) is 16.4. The molecule has 1 heterocycles. The Morgan fingerprint density at radius 3 is 2.57 bits per heavy atom. The van der Waals surface area contributed by atoms with Crippen LogP contribution < -0.4 is 4.74 Å². The van der Waals surface area contributed by atoms with Crippen LogP contribution in [0.3, 0.4) is 0 Å². The fraction of sp³-hybridized carbons (Fsp3) is 0.111. The fourth-order valence-corrected chi connectivity index (χ4v) is 3.70. The first-order valence-corrected chi connectivity index (χ1v) is 8.59. The highest BCUT2D eigenvalue weighted by Gasteiger charge is 2.16. The Morgan fingerprint density at radius 1 is 1.09 bits per heavy atom. The number of ether oxygens (including phenoxy) is 1. The molecule has 0 amide bonds. The van der Waals surface area contributed by atoms with Gasteiger partial charge in [0.25, 0.3) is 0 Å². The Hall–Kier alpha value is -1.72. The predicted octanol–water partition coefficient (Wildman–Crippen LogP) is 6.06. The number of carbonyl (C=O) groups is 1. The largest absolute Gasteiger partial charge is 0.453 e. The van der Waals surface area contributed by atoms with Gasteiger partial charge in [0.15, 0.2) is 11.5 Å². The summed E-state index contributed by atoms with van der Waals surface area (Å²) in [7, 11) is 0. The molecule has 0 unspecified atom stereocenters. The van der Waals surface area contributed by atoms with Gasteiger partial charge in [0.1, 0.15) is 11.3 Å². The molecule has 0 atom stereocenters. The molecule has 5 heteroatoms. The molecule has 3 nitrogen and oxygen atoms in total. The highest BCUT2D eigenvalue weighted by atomic mass is 79.9. The maximum Gasteiger partial charge on any atom is 0.167 e. The van der Waals surface area contributed by atoms with Crippen LogP contribution in [0.25, 0.3) is 10.9 Å². The van der Waals surface area contributed by atoms with Crippen LogP contribution >= 0.6 is 31.9 Å². The molecule has 0 spiro atoms. The molecule has 3 rings (SSSR count). The minimum Gasteiger partial charge on any atom is -0.453 e. The van der Waals surface area contributed by atoms with Crippen molar-refractivity contribution in [2.45, 2.75) is 13.8 Å². The number of hydrogen-bond acceptors (Lipinski definition) is 3. The van der Waals surface area contributed by atoms with Crippen molar-refractivity contribution in [3.05, 3.63) is 62.7 Å². The smallest absolute Gasteiger partial charge is 0.167 e. The van der Waals surface area contributed by atoms with E-state index in [0.29, 0.717) is 17.1 Å². The van der Waals surface area contributed by atoms with Gasteiger partial charge >= 0.3 is 0 Å². The fourth-order valence-electron chi connectivity index (χ4n) is 2.34. The number of para-hydroxylation sites is 1. The Kier molecular flexibility index (Phi) is 4.50. The van der Waals surface area contributed by atoms with E-state index in [9.17, 15) is 4.79 Å². The number of nitrogens with zero attached hydrogens (tertiary/aromatic N) is 1. The number of ketones is 1. The van der Waals surface area contributed by atoms with Crippen molar-refractivity contribution in [3.8, 4) is 11.5 Å². The van der Waals surface area contributed by atoms with E-state index in [2.05, 4.69) is 36.8 Å². The Balaban J connectivity index is 2.21. The van der Waals surface area contributed by atoms with Crippen LogP contribution in [-0.4, -0.2) is 10.8 Å². The van der Waals surface area contributed by atoms with Crippen LogP contribution in [0.4, 0.5) is 0 Å². The molecular weight excluding hydrogens is 422 g/mol. The Labute approximate surface area is 150 Å². The molecule has 0 N–H and O–H groups in total. The first kappa shape index (κ1) is 16.1. The van der Waals surface area contributed by atoms with Gasteiger partial charge in [-0.2, -0.15) is 0 Å². The van der Waals surface area contributed by atoms with Crippen LogP contribution in [0.15, 0.2) is 51.4 Å². The molecule has 0 bridgehead atoms. The lowest BCUT2D eigenvalue weighted by Gasteiger charge is -2.14. The van der Waals surface area contributed by atoms with Crippen LogP contribution in [-0.2, 0) is 0 Å². The van der Waals surface area contributed by atoms with E-state index >= 15 is 0 Å². The first-order valence-electron chi connectivity index (χ1n) is 7.00. The van der Waals surface area contributed by atoms with Crippen molar-refractivity contribution >= 4 is 48.5 Å². The SMILES string of the molecule is CC(=O)c1ccccc1Oc1c(Br)cc(Br)c2ccc(C)nc12. The molecule has 23 heavy (non-hydrogen) atoms. The van der Waals surface area contributed by atoms with Crippen molar-refractivity contribution in [3.63, 3.8) is 0 Å². The number of benzene rings is 2.